The minimum Gasteiger partial charge on any atom is -0.457 e. The molecule has 0 saturated heterocycles. The molecule has 0 aromatic carbocycles. The Kier molecular flexibility index (Phi) is 12.7. The molecule has 0 N–H and O–H groups in total. The highest BCUT2D eigenvalue weighted by atomic mass is 16.6. The van der Waals surface area contributed by atoms with Crippen molar-refractivity contribution in [2.75, 3.05) is 13.2 Å². The van der Waals surface area contributed by atoms with Gasteiger partial charge in [0.1, 0.15) is 11.2 Å². The molecule has 0 radical (unpaired) electrons. The molecule has 8 saturated carbocycles. The highest BCUT2D eigenvalue weighted by molar-refractivity contribution is 5.80. The number of ether oxygens (including phenoxy) is 4. The number of carbonyl (C=O) groups excluding carboxylic acids is 4. The standard InChI is InChI=1S/C24H40O4.C23H38O4/c1-8-22(4,5)21(26)27-14-20(25)28-23(6,7)24(15(2)3)18-10-16-9-17(12-18)13-19(24)11-16;1-7-21(3,4)20(25)26-14-19(24)27-22(5,6)23(8-2)17-10-15-9-16(12-17)13-18(23)11-15/h15-19H,8-14H2,1-7H3;15-18H,7-14H2,1-6H3. The minimum atomic E-state index is -0.573. The van der Waals surface area contributed by atoms with Crippen molar-refractivity contribution in [3.05, 3.63) is 0 Å². The molecule has 314 valence electrons. The zero-order valence-electron chi connectivity index (χ0n) is 37.1. The molecule has 8 bridgehead atoms. The summed E-state index contributed by atoms with van der Waals surface area (Å²) in [5.74, 6) is 5.04. The van der Waals surface area contributed by atoms with Crippen molar-refractivity contribution in [2.24, 2.45) is 74.9 Å². The van der Waals surface area contributed by atoms with E-state index in [2.05, 4.69) is 48.5 Å². The van der Waals surface area contributed by atoms with Crippen LogP contribution in [0.15, 0.2) is 0 Å². The first-order chi connectivity index (χ1) is 25.5. The highest BCUT2D eigenvalue weighted by Crippen LogP contribution is 2.69. The molecule has 0 aromatic rings. The molecular formula is C47H78O8. The van der Waals surface area contributed by atoms with E-state index >= 15 is 0 Å². The van der Waals surface area contributed by atoms with Gasteiger partial charge in [0.25, 0.3) is 0 Å². The van der Waals surface area contributed by atoms with Crippen molar-refractivity contribution in [2.45, 2.75) is 185 Å². The van der Waals surface area contributed by atoms with Crippen LogP contribution < -0.4 is 0 Å². The SMILES string of the molecule is CCC(C)(C)C(=O)OCC(=O)OC(C)(C)C1(C(C)C)C2CC3CC(C2)CC1C3.CCC(C)(C)C(=O)OCC(=O)OC(C)(C)C1(CC)C2CC3CC(C2)CC1C3. The quantitative estimate of drug-likeness (QED) is 0.127. The van der Waals surface area contributed by atoms with Crippen LogP contribution in [0.1, 0.15) is 173 Å². The lowest BCUT2D eigenvalue weighted by atomic mass is 9.39. The molecule has 8 rings (SSSR count). The Morgan fingerprint density at radius 1 is 0.527 bits per heavy atom. The zero-order chi connectivity index (χ0) is 40.9. The number of hydrogen-bond donors (Lipinski definition) is 0. The van der Waals surface area contributed by atoms with Crippen LogP contribution in [0.3, 0.4) is 0 Å². The van der Waals surface area contributed by atoms with Crippen LogP contribution in [-0.4, -0.2) is 48.3 Å². The third-order valence-corrected chi connectivity index (χ3v) is 17.0. The maximum absolute atomic E-state index is 12.7. The van der Waals surface area contributed by atoms with Crippen LogP contribution >= 0.6 is 0 Å². The monoisotopic (exact) mass is 771 g/mol. The van der Waals surface area contributed by atoms with Gasteiger partial charge in [-0.15, -0.1) is 0 Å². The molecule has 8 fully saturated rings. The topological polar surface area (TPSA) is 105 Å². The predicted molar refractivity (Wildman–Crippen MR) is 214 cm³/mol. The molecule has 0 spiro atoms. The van der Waals surface area contributed by atoms with Crippen LogP contribution in [-0.2, 0) is 38.1 Å². The van der Waals surface area contributed by atoms with E-state index < -0.39 is 34.0 Å². The van der Waals surface area contributed by atoms with Gasteiger partial charge in [0.05, 0.1) is 10.8 Å². The molecule has 8 nitrogen and oxygen atoms in total. The largest absolute Gasteiger partial charge is 0.457 e. The van der Waals surface area contributed by atoms with E-state index in [9.17, 15) is 19.2 Å². The second-order valence-electron chi connectivity index (χ2n) is 21.7. The summed E-state index contributed by atoms with van der Waals surface area (Å²) < 4.78 is 22.7. The molecule has 0 heterocycles. The van der Waals surface area contributed by atoms with E-state index in [4.69, 9.17) is 18.9 Å². The molecule has 0 amide bonds. The normalized spacial score (nSPS) is 34.9. The Labute approximate surface area is 334 Å². The van der Waals surface area contributed by atoms with E-state index in [1.807, 2.05) is 41.5 Å². The van der Waals surface area contributed by atoms with Gasteiger partial charge < -0.3 is 18.9 Å². The Morgan fingerprint density at radius 3 is 1.16 bits per heavy atom. The van der Waals surface area contributed by atoms with Crippen LogP contribution in [0.2, 0.25) is 0 Å². The van der Waals surface area contributed by atoms with Gasteiger partial charge in [-0.3, -0.25) is 9.59 Å². The predicted octanol–water partition coefficient (Wildman–Crippen LogP) is 10.5. The highest BCUT2D eigenvalue weighted by Gasteiger charge is 2.66. The average molecular weight is 771 g/mol. The van der Waals surface area contributed by atoms with Crippen LogP contribution in [0.25, 0.3) is 0 Å². The third kappa shape index (κ3) is 8.02. The van der Waals surface area contributed by atoms with Crippen molar-refractivity contribution < 1.29 is 38.1 Å². The summed E-state index contributed by atoms with van der Waals surface area (Å²) in [5, 5.41) is 0. The fraction of sp³-hybridized carbons (Fsp3) is 0.915. The van der Waals surface area contributed by atoms with Crippen LogP contribution in [0.4, 0.5) is 0 Å². The lowest BCUT2D eigenvalue weighted by Crippen LogP contribution is -2.65. The van der Waals surface area contributed by atoms with E-state index in [0.717, 1.165) is 30.1 Å². The fourth-order valence-corrected chi connectivity index (χ4v) is 14.3. The Bertz CT molecular complexity index is 1360. The lowest BCUT2D eigenvalue weighted by Gasteiger charge is -2.67. The number of esters is 4. The van der Waals surface area contributed by atoms with Crippen LogP contribution in [0.5, 0.6) is 0 Å². The lowest BCUT2D eigenvalue weighted by molar-refractivity contribution is -0.240. The minimum absolute atomic E-state index is 0.0166. The second-order valence-corrected chi connectivity index (χ2v) is 21.7. The summed E-state index contributed by atoms with van der Waals surface area (Å²) in [7, 11) is 0. The molecule has 0 atom stereocenters. The van der Waals surface area contributed by atoms with Gasteiger partial charge in [0.15, 0.2) is 13.2 Å². The van der Waals surface area contributed by atoms with Gasteiger partial charge >= 0.3 is 23.9 Å². The van der Waals surface area contributed by atoms with E-state index in [0.29, 0.717) is 42.4 Å². The Balaban J connectivity index is 0.000000211. The summed E-state index contributed by atoms with van der Waals surface area (Å²) in [4.78, 5) is 49.6. The molecule has 0 aromatic heterocycles. The van der Waals surface area contributed by atoms with Crippen molar-refractivity contribution in [1.29, 1.82) is 0 Å². The van der Waals surface area contributed by atoms with Gasteiger partial charge in [-0.2, -0.15) is 0 Å². The van der Waals surface area contributed by atoms with E-state index in [1.54, 1.807) is 0 Å². The van der Waals surface area contributed by atoms with Crippen LogP contribution in [0, 0.1) is 74.9 Å². The zero-order valence-corrected chi connectivity index (χ0v) is 37.1. The molecule has 55 heavy (non-hydrogen) atoms. The van der Waals surface area contributed by atoms with Gasteiger partial charge in [0, 0.05) is 10.8 Å². The average Bonchev–Trinajstić information content (AvgIpc) is 3.08. The van der Waals surface area contributed by atoms with Gasteiger partial charge in [0.2, 0.25) is 0 Å². The number of rotatable bonds is 14. The molecule has 8 aliphatic carbocycles. The van der Waals surface area contributed by atoms with Crippen molar-refractivity contribution in [3.8, 4) is 0 Å². The maximum atomic E-state index is 12.7. The summed E-state index contributed by atoms with van der Waals surface area (Å²) in [6, 6.07) is 0. The van der Waals surface area contributed by atoms with E-state index in [1.165, 1.54) is 64.2 Å². The Hall–Kier alpha value is -2.12. The molecule has 0 unspecified atom stereocenters. The number of carbonyl (C=O) groups is 4. The fourth-order valence-electron chi connectivity index (χ4n) is 14.3. The summed E-state index contributed by atoms with van der Waals surface area (Å²) in [6.07, 6.45) is 15.5. The molecule has 8 heteroatoms. The number of hydrogen-bond acceptors (Lipinski definition) is 8. The molecular weight excluding hydrogens is 693 g/mol. The second kappa shape index (κ2) is 15.9. The summed E-state index contributed by atoms with van der Waals surface area (Å²) in [6.45, 7) is 25.9. The summed E-state index contributed by atoms with van der Waals surface area (Å²) >= 11 is 0. The first-order valence-corrected chi connectivity index (χ1v) is 22.3. The summed E-state index contributed by atoms with van der Waals surface area (Å²) in [5.41, 5.74) is -2.16. The molecule has 8 aliphatic rings. The first-order valence-electron chi connectivity index (χ1n) is 22.3. The van der Waals surface area contributed by atoms with Crippen molar-refractivity contribution >= 4 is 23.9 Å². The van der Waals surface area contributed by atoms with Gasteiger partial charge in [-0.1, -0.05) is 34.6 Å². The van der Waals surface area contributed by atoms with Crippen molar-refractivity contribution in [1.82, 2.24) is 0 Å². The smallest absolute Gasteiger partial charge is 0.344 e. The maximum Gasteiger partial charge on any atom is 0.344 e. The van der Waals surface area contributed by atoms with E-state index in [-0.39, 0.29) is 36.0 Å². The Morgan fingerprint density at radius 2 is 0.855 bits per heavy atom. The third-order valence-electron chi connectivity index (χ3n) is 17.0. The van der Waals surface area contributed by atoms with Gasteiger partial charge in [-0.05, 0) is 192 Å². The van der Waals surface area contributed by atoms with Gasteiger partial charge in [-0.25, -0.2) is 9.59 Å². The van der Waals surface area contributed by atoms with Crippen molar-refractivity contribution in [3.63, 3.8) is 0 Å². The first kappa shape index (κ1) is 44.0. The molecule has 0 aliphatic heterocycles.